The van der Waals surface area contributed by atoms with Crippen molar-refractivity contribution in [2.75, 3.05) is 47.6 Å². The van der Waals surface area contributed by atoms with E-state index in [1.807, 2.05) is 60.7 Å². The molecule has 7 N–H and O–H groups in total. The maximum atomic E-state index is 9.95. The molecule has 3 heterocycles. The number of hydrogen-bond acceptors (Lipinski definition) is 12. The standard InChI is InChI=1S/C19H20N4O2.C16H16N4O2/c24-17-10-4-3-9-16(17)22-19-21-15-8-2-1-7-14(15)18(23-19)20-12-13-6-5-11-25-13;21-9-8-17-15-13-6-1-2-7-14(13)19-16(20-15)18-11-4-3-5-12(22)10-11/h1-4,7-10,13,24H,5-6,11-12H2,(H2,20,21,22,23);1-7,10,21-22H,8-9H2,(H2,17,18,19,20). The van der Waals surface area contributed by atoms with E-state index < -0.39 is 0 Å². The van der Waals surface area contributed by atoms with Crippen molar-refractivity contribution in [1.29, 1.82) is 0 Å². The van der Waals surface area contributed by atoms with Crippen molar-refractivity contribution in [2.24, 2.45) is 0 Å². The van der Waals surface area contributed by atoms with Crippen molar-refractivity contribution < 1.29 is 20.1 Å². The Morgan fingerprint density at radius 2 is 1.36 bits per heavy atom. The van der Waals surface area contributed by atoms with E-state index in [1.54, 1.807) is 36.4 Å². The number of nitrogens with one attached hydrogen (secondary N) is 4. The second-order valence-corrected chi connectivity index (χ2v) is 10.8. The van der Waals surface area contributed by atoms with Crippen molar-refractivity contribution >= 4 is 56.7 Å². The maximum Gasteiger partial charge on any atom is 0.229 e. The van der Waals surface area contributed by atoms with E-state index in [2.05, 4.69) is 41.2 Å². The average Bonchev–Trinajstić information content (AvgIpc) is 3.61. The molecule has 1 saturated heterocycles. The smallest absolute Gasteiger partial charge is 0.229 e. The highest BCUT2D eigenvalue weighted by Gasteiger charge is 2.16. The molecule has 2 aromatic heterocycles. The van der Waals surface area contributed by atoms with E-state index in [4.69, 9.17) is 9.84 Å². The van der Waals surface area contributed by atoms with Gasteiger partial charge in [0.05, 0.1) is 29.4 Å². The number of aliphatic hydroxyl groups is 1. The molecule has 12 heteroatoms. The van der Waals surface area contributed by atoms with Crippen LogP contribution in [0, 0.1) is 0 Å². The zero-order valence-electron chi connectivity index (χ0n) is 25.6. The van der Waals surface area contributed by atoms with Gasteiger partial charge >= 0.3 is 0 Å². The predicted octanol–water partition coefficient (Wildman–Crippen LogP) is 6.15. The maximum absolute atomic E-state index is 9.95. The quantitative estimate of drug-likeness (QED) is 0.0861. The first-order valence-corrected chi connectivity index (χ1v) is 15.4. The lowest BCUT2D eigenvalue weighted by atomic mass is 10.2. The molecule has 4 aromatic carbocycles. The summed E-state index contributed by atoms with van der Waals surface area (Å²) in [6.07, 6.45) is 2.40. The van der Waals surface area contributed by atoms with Crippen molar-refractivity contribution in [1.82, 2.24) is 19.9 Å². The number of hydrogen-bond donors (Lipinski definition) is 7. The fraction of sp³-hybridized carbons (Fsp3) is 0.200. The Morgan fingerprint density at radius 1 is 0.702 bits per heavy atom. The summed E-state index contributed by atoms with van der Waals surface area (Å²) in [4.78, 5) is 18.0. The van der Waals surface area contributed by atoms with Gasteiger partial charge in [-0.15, -0.1) is 0 Å². The lowest BCUT2D eigenvalue weighted by Crippen LogP contribution is -2.19. The number of aliphatic hydroxyl groups excluding tert-OH is 1. The van der Waals surface area contributed by atoms with Gasteiger partial charge in [0.2, 0.25) is 11.9 Å². The molecule has 1 unspecified atom stereocenters. The van der Waals surface area contributed by atoms with Gasteiger partial charge in [0, 0.05) is 42.2 Å². The number of anilines is 6. The second kappa shape index (κ2) is 15.0. The Hall–Kier alpha value is -5.72. The third-order valence-electron chi connectivity index (χ3n) is 7.38. The fourth-order valence-corrected chi connectivity index (χ4v) is 5.14. The number of nitrogens with zero attached hydrogens (tertiary/aromatic N) is 4. The number of para-hydroxylation sites is 4. The Balaban J connectivity index is 0.000000166. The molecule has 240 valence electrons. The van der Waals surface area contributed by atoms with Gasteiger partial charge in [0.1, 0.15) is 23.1 Å². The van der Waals surface area contributed by atoms with E-state index in [9.17, 15) is 10.2 Å². The van der Waals surface area contributed by atoms with Crippen LogP contribution in [0.1, 0.15) is 12.8 Å². The Labute approximate surface area is 271 Å². The molecule has 1 fully saturated rings. The minimum absolute atomic E-state index is 0.0215. The molecular weight excluding hydrogens is 596 g/mol. The summed E-state index contributed by atoms with van der Waals surface area (Å²) in [5, 5.41) is 42.9. The van der Waals surface area contributed by atoms with Crippen LogP contribution in [0.25, 0.3) is 21.8 Å². The van der Waals surface area contributed by atoms with E-state index >= 15 is 0 Å². The number of aromatic hydroxyl groups is 2. The molecule has 1 aliphatic heterocycles. The van der Waals surface area contributed by atoms with Gasteiger partial charge in [-0.2, -0.15) is 9.97 Å². The number of aromatic nitrogens is 4. The number of fused-ring (bicyclic) bond motifs is 2. The largest absolute Gasteiger partial charge is 0.508 e. The van der Waals surface area contributed by atoms with Gasteiger partial charge in [-0.3, -0.25) is 0 Å². The van der Waals surface area contributed by atoms with Crippen LogP contribution in [0.3, 0.4) is 0 Å². The van der Waals surface area contributed by atoms with Crippen molar-refractivity contribution in [2.45, 2.75) is 18.9 Å². The molecule has 0 amide bonds. The fourth-order valence-electron chi connectivity index (χ4n) is 5.14. The molecule has 47 heavy (non-hydrogen) atoms. The normalized spacial score (nSPS) is 13.9. The molecule has 0 aliphatic carbocycles. The van der Waals surface area contributed by atoms with Crippen molar-refractivity contribution in [3.8, 4) is 11.5 Å². The summed E-state index contributed by atoms with van der Waals surface area (Å²) in [6, 6.07) is 29.3. The molecule has 0 spiro atoms. The van der Waals surface area contributed by atoms with Crippen LogP contribution in [0.5, 0.6) is 11.5 Å². The molecule has 6 aromatic rings. The minimum atomic E-state index is 0.0215. The summed E-state index contributed by atoms with van der Waals surface area (Å²) in [6.45, 7) is 1.98. The van der Waals surface area contributed by atoms with Crippen LogP contribution in [-0.2, 0) is 4.74 Å². The highest BCUT2D eigenvalue weighted by atomic mass is 16.5. The van der Waals surface area contributed by atoms with Crippen LogP contribution in [-0.4, -0.2) is 67.7 Å². The SMILES string of the molecule is OCCNc1nc(Nc2cccc(O)c2)nc2ccccc12.Oc1ccccc1Nc1nc(NCC2CCCO2)c2ccccc2n1. The van der Waals surface area contributed by atoms with Crippen molar-refractivity contribution in [3.63, 3.8) is 0 Å². The molecule has 12 nitrogen and oxygen atoms in total. The highest BCUT2D eigenvalue weighted by Crippen LogP contribution is 2.28. The molecule has 0 saturated carbocycles. The molecule has 7 rings (SSSR count). The predicted molar refractivity (Wildman–Crippen MR) is 185 cm³/mol. The first-order chi connectivity index (χ1) is 23.1. The van der Waals surface area contributed by atoms with Gasteiger partial charge in [-0.25, -0.2) is 9.97 Å². The number of benzene rings is 4. The highest BCUT2D eigenvalue weighted by molar-refractivity contribution is 5.91. The Bertz CT molecular complexity index is 1950. The van der Waals surface area contributed by atoms with Crippen LogP contribution >= 0.6 is 0 Å². The number of phenols is 2. The van der Waals surface area contributed by atoms with Crippen molar-refractivity contribution in [3.05, 3.63) is 97.1 Å². The molecule has 1 atom stereocenters. The summed E-state index contributed by atoms with van der Waals surface area (Å²) in [7, 11) is 0. The van der Waals surface area contributed by atoms with Gasteiger partial charge in [-0.05, 0) is 61.4 Å². The lowest BCUT2D eigenvalue weighted by molar-refractivity contribution is 0.120. The first kappa shape index (κ1) is 31.3. The summed E-state index contributed by atoms with van der Waals surface area (Å²) in [5.74, 6) is 2.61. The summed E-state index contributed by atoms with van der Waals surface area (Å²) < 4.78 is 5.67. The molecule has 0 bridgehead atoms. The van der Waals surface area contributed by atoms with E-state index in [1.165, 1.54) is 0 Å². The van der Waals surface area contributed by atoms with E-state index in [0.717, 1.165) is 53.6 Å². The molecule has 1 aliphatic rings. The number of phenolic OH excluding ortho intramolecular Hbond substituents is 2. The van der Waals surface area contributed by atoms with Gasteiger partial charge in [0.15, 0.2) is 0 Å². The van der Waals surface area contributed by atoms with E-state index in [-0.39, 0.29) is 24.2 Å². The van der Waals surface area contributed by atoms with Crippen LogP contribution < -0.4 is 21.3 Å². The zero-order valence-corrected chi connectivity index (χ0v) is 25.6. The third-order valence-corrected chi connectivity index (χ3v) is 7.38. The van der Waals surface area contributed by atoms with Crippen LogP contribution in [0.2, 0.25) is 0 Å². The molecular formula is C35H36N8O4. The minimum Gasteiger partial charge on any atom is -0.508 e. The van der Waals surface area contributed by atoms with Crippen LogP contribution in [0.15, 0.2) is 97.1 Å². The number of rotatable bonds is 10. The lowest BCUT2D eigenvalue weighted by Gasteiger charge is -2.14. The topological polar surface area (TPSA) is 170 Å². The summed E-state index contributed by atoms with van der Waals surface area (Å²) in [5.41, 5.74) is 2.90. The van der Waals surface area contributed by atoms with Gasteiger partial charge in [0.25, 0.3) is 0 Å². The summed E-state index contributed by atoms with van der Waals surface area (Å²) >= 11 is 0. The number of ether oxygens (including phenoxy) is 1. The second-order valence-electron chi connectivity index (χ2n) is 10.8. The average molecular weight is 633 g/mol. The zero-order chi connectivity index (χ0) is 32.4. The monoisotopic (exact) mass is 632 g/mol. The third kappa shape index (κ3) is 8.12. The van der Waals surface area contributed by atoms with Gasteiger partial charge < -0.3 is 41.3 Å². The Morgan fingerprint density at radius 3 is 2.02 bits per heavy atom. The first-order valence-electron chi connectivity index (χ1n) is 15.4. The Kier molecular flexibility index (Phi) is 10.0. The van der Waals surface area contributed by atoms with E-state index in [0.29, 0.717) is 35.6 Å². The molecule has 0 radical (unpaired) electrons. The van der Waals surface area contributed by atoms with Crippen LogP contribution in [0.4, 0.5) is 34.9 Å². The van der Waals surface area contributed by atoms with Gasteiger partial charge in [-0.1, -0.05) is 42.5 Å².